The molecular formula is C41H48F4N6O5. The number of aromatic amines is 1. The zero-order chi connectivity index (χ0) is 40.8. The van der Waals surface area contributed by atoms with E-state index < -0.39 is 70.6 Å². The van der Waals surface area contributed by atoms with Gasteiger partial charge in [0, 0.05) is 17.5 Å². The van der Waals surface area contributed by atoms with Crippen LogP contribution in [0.25, 0.3) is 10.9 Å². The molecule has 0 saturated carbocycles. The van der Waals surface area contributed by atoms with Gasteiger partial charge in [0.05, 0.1) is 30.3 Å². The number of anilines is 1. The zero-order valence-corrected chi connectivity index (χ0v) is 32.0. The number of fused-ring (bicyclic) bond motifs is 3. The van der Waals surface area contributed by atoms with Crippen LogP contribution >= 0.6 is 0 Å². The van der Waals surface area contributed by atoms with Crippen LogP contribution in [0.4, 0.5) is 23.2 Å². The van der Waals surface area contributed by atoms with E-state index in [2.05, 4.69) is 31.8 Å². The van der Waals surface area contributed by atoms with E-state index in [0.29, 0.717) is 35.5 Å². The van der Waals surface area contributed by atoms with E-state index in [-0.39, 0.29) is 42.1 Å². The minimum atomic E-state index is -4.66. The fourth-order valence-corrected chi connectivity index (χ4v) is 6.99. The molecule has 0 fully saturated rings. The number of H-pyrrole nitrogens is 1. The van der Waals surface area contributed by atoms with E-state index in [0.717, 1.165) is 6.07 Å². The summed E-state index contributed by atoms with van der Waals surface area (Å²) in [6.07, 6.45) is -4.23. The molecule has 0 radical (unpaired) electrons. The van der Waals surface area contributed by atoms with E-state index in [1.54, 1.807) is 44.2 Å². The number of methoxy groups -OCH3 is 1. The first-order valence-electron chi connectivity index (χ1n) is 18.7. The highest BCUT2D eigenvalue weighted by Crippen LogP contribution is 2.40. The lowest BCUT2D eigenvalue weighted by molar-refractivity contribution is -0.139. The smallest absolute Gasteiger partial charge is 0.418 e. The number of carbonyl (C=O) groups excluding carboxylic acids is 4. The number of benzene rings is 3. The predicted octanol–water partition coefficient (Wildman–Crippen LogP) is 6.13. The molecule has 4 aromatic rings. The Hall–Kier alpha value is -5.60. The lowest BCUT2D eigenvalue weighted by Gasteiger charge is -2.39. The Kier molecular flexibility index (Phi) is 13.0. The van der Waals surface area contributed by atoms with Crippen molar-refractivity contribution in [2.75, 3.05) is 12.5 Å². The standard InChI is InChI=1S/C41H48F4N6O5/c1-6-23(3)34(47-33(52)21-25-11-8-9-14-31(25)42)37(53)49-40(20-19-32-29(22-40)28-12-10-13-30(36(28)46-32)41(43,44)45)39(55)48-35(24(4)7-2)38(54)51-50-26-15-17-27(56-5)18-16-26/h8-18,23-24,34-35,46,50H,6-7,19-22H2,1-5H3,(H,47,52)(H,48,55)(H,49,53)(H,51,54)/t23?,24-,34-,35?,40+/m0/s1. The molecule has 1 aromatic heterocycles. The summed E-state index contributed by atoms with van der Waals surface area (Å²) >= 11 is 0. The molecule has 15 heteroatoms. The molecule has 2 unspecified atom stereocenters. The summed E-state index contributed by atoms with van der Waals surface area (Å²) in [6.45, 7) is 7.20. The zero-order valence-electron chi connectivity index (χ0n) is 32.0. The first-order valence-corrected chi connectivity index (χ1v) is 18.7. The normalized spacial score (nSPS) is 17.4. The number of hydrazine groups is 1. The number of amides is 4. The summed E-state index contributed by atoms with van der Waals surface area (Å²) in [7, 11) is 1.53. The molecular weight excluding hydrogens is 732 g/mol. The Morgan fingerprint density at radius 2 is 1.54 bits per heavy atom. The van der Waals surface area contributed by atoms with Gasteiger partial charge in [0.2, 0.25) is 17.7 Å². The van der Waals surface area contributed by atoms with Crippen molar-refractivity contribution in [1.29, 1.82) is 0 Å². The van der Waals surface area contributed by atoms with Gasteiger partial charge in [-0.3, -0.25) is 30.0 Å². The van der Waals surface area contributed by atoms with Crippen molar-refractivity contribution in [1.82, 2.24) is 26.4 Å². The van der Waals surface area contributed by atoms with Gasteiger partial charge in [-0.15, -0.1) is 0 Å². The van der Waals surface area contributed by atoms with Crippen molar-refractivity contribution >= 4 is 40.2 Å². The average Bonchev–Trinajstić information content (AvgIpc) is 3.55. The first kappa shape index (κ1) is 41.6. The highest BCUT2D eigenvalue weighted by atomic mass is 19.4. The van der Waals surface area contributed by atoms with E-state index in [1.807, 2.05) is 13.8 Å². The van der Waals surface area contributed by atoms with Crippen LogP contribution in [0.2, 0.25) is 0 Å². The largest absolute Gasteiger partial charge is 0.497 e. The number of hydrogen-bond acceptors (Lipinski definition) is 6. The molecule has 1 heterocycles. The highest BCUT2D eigenvalue weighted by molar-refractivity contribution is 5.99. The number of aryl methyl sites for hydroxylation is 1. The Labute approximate surface area is 322 Å². The second-order valence-corrected chi connectivity index (χ2v) is 14.4. The van der Waals surface area contributed by atoms with Gasteiger partial charge < -0.3 is 25.7 Å². The van der Waals surface area contributed by atoms with Gasteiger partial charge in [-0.2, -0.15) is 13.2 Å². The molecule has 0 aliphatic heterocycles. The van der Waals surface area contributed by atoms with Crippen molar-refractivity contribution < 1.29 is 41.5 Å². The van der Waals surface area contributed by atoms with E-state index in [1.165, 1.54) is 37.4 Å². The predicted molar refractivity (Wildman–Crippen MR) is 204 cm³/mol. The minimum Gasteiger partial charge on any atom is -0.497 e. The van der Waals surface area contributed by atoms with Crippen molar-refractivity contribution in [2.45, 2.75) is 90.0 Å². The van der Waals surface area contributed by atoms with E-state index in [9.17, 15) is 36.7 Å². The number of alkyl halides is 3. The summed E-state index contributed by atoms with van der Waals surface area (Å²) in [5.74, 6) is -3.41. The fourth-order valence-electron chi connectivity index (χ4n) is 6.99. The lowest BCUT2D eigenvalue weighted by atomic mass is 9.78. The van der Waals surface area contributed by atoms with Gasteiger partial charge in [0.25, 0.3) is 5.91 Å². The van der Waals surface area contributed by atoms with Crippen LogP contribution in [0.15, 0.2) is 66.7 Å². The Bertz CT molecular complexity index is 2050. The molecule has 6 N–H and O–H groups in total. The third-order valence-corrected chi connectivity index (χ3v) is 10.7. The van der Waals surface area contributed by atoms with Gasteiger partial charge in [-0.05, 0) is 72.2 Å². The molecule has 1 aliphatic carbocycles. The van der Waals surface area contributed by atoms with Crippen LogP contribution in [0.5, 0.6) is 5.75 Å². The second kappa shape index (κ2) is 17.5. The molecule has 11 nitrogen and oxygen atoms in total. The lowest BCUT2D eigenvalue weighted by Crippen LogP contribution is -2.67. The molecule has 1 aliphatic rings. The fraction of sp³-hybridized carbons (Fsp3) is 0.415. The van der Waals surface area contributed by atoms with E-state index >= 15 is 0 Å². The second-order valence-electron chi connectivity index (χ2n) is 14.4. The highest BCUT2D eigenvalue weighted by Gasteiger charge is 2.47. The van der Waals surface area contributed by atoms with Crippen LogP contribution in [0.3, 0.4) is 0 Å². The van der Waals surface area contributed by atoms with Crippen LogP contribution in [-0.4, -0.2) is 53.3 Å². The topological polar surface area (TPSA) is 153 Å². The van der Waals surface area contributed by atoms with Crippen molar-refractivity contribution in [3.05, 3.63) is 94.9 Å². The van der Waals surface area contributed by atoms with Crippen LogP contribution < -0.4 is 31.5 Å². The summed E-state index contributed by atoms with van der Waals surface area (Å²) in [6, 6.07) is 14.1. The SMILES string of the molecule is CCC(C)[C@H](NC(=O)Cc1ccccc1F)C(=O)N[C@]1(C(=O)NC(C(=O)NNc2ccc(OC)cc2)[C@@H](C)CC)CCc2[nH]c3c(C(F)(F)F)cccc3c2C1. The molecule has 5 atom stereocenters. The van der Waals surface area contributed by atoms with Crippen molar-refractivity contribution in [3.8, 4) is 5.75 Å². The minimum absolute atomic E-state index is 0.0406. The number of aromatic nitrogens is 1. The quantitative estimate of drug-likeness (QED) is 0.0631. The molecule has 300 valence electrons. The van der Waals surface area contributed by atoms with Gasteiger partial charge in [-0.1, -0.05) is 70.9 Å². The summed E-state index contributed by atoms with van der Waals surface area (Å²) in [4.78, 5) is 58.9. The van der Waals surface area contributed by atoms with Gasteiger partial charge >= 0.3 is 6.18 Å². The molecule has 0 bridgehead atoms. The molecule has 3 aromatic carbocycles. The maximum absolute atomic E-state index is 14.7. The number of carbonyl (C=O) groups is 4. The van der Waals surface area contributed by atoms with Crippen LogP contribution in [0.1, 0.15) is 69.3 Å². The maximum Gasteiger partial charge on any atom is 0.418 e. The Morgan fingerprint density at radius 3 is 2.16 bits per heavy atom. The number of halogens is 4. The Balaban J connectivity index is 1.48. The summed E-state index contributed by atoms with van der Waals surface area (Å²) < 4.78 is 61.9. The van der Waals surface area contributed by atoms with Crippen molar-refractivity contribution in [3.63, 3.8) is 0 Å². The molecule has 0 saturated heterocycles. The average molecular weight is 781 g/mol. The van der Waals surface area contributed by atoms with Crippen molar-refractivity contribution in [2.24, 2.45) is 11.8 Å². The van der Waals surface area contributed by atoms with Gasteiger partial charge in [0.1, 0.15) is 29.2 Å². The number of ether oxygens (including phenoxy) is 1. The molecule has 0 spiro atoms. The number of para-hydroxylation sites is 1. The van der Waals surface area contributed by atoms with Crippen LogP contribution in [0, 0.1) is 17.7 Å². The van der Waals surface area contributed by atoms with Gasteiger partial charge in [0.15, 0.2) is 0 Å². The summed E-state index contributed by atoms with van der Waals surface area (Å²) in [5, 5.41) is 8.73. The van der Waals surface area contributed by atoms with E-state index in [4.69, 9.17) is 4.74 Å². The molecule has 5 rings (SSSR count). The Morgan fingerprint density at radius 1 is 0.875 bits per heavy atom. The third-order valence-electron chi connectivity index (χ3n) is 10.7. The number of nitrogens with one attached hydrogen (secondary N) is 6. The maximum atomic E-state index is 14.7. The third kappa shape index (κ3) is 9.25. The number of rotatable bonds is 15. The number of hydrogen-bond donors (Lipinski definition) is 6. The van der Waals surface area contributed by atoms with Crippen LogP contribution in [-0.2, 0) is 44.6 Å². The monoisotopic (exact) mass is 780 g/mol. The molecule has 4 amide bonds. The summed E-state index contributed by atoms with van der Waals surface area (Å²) in [5.41, 5.74) is 4.31. The molecule has 56 heavy (non-hydrogen) atoms. The van der Waals surface area contributed by atoms with Gasteiger partial charge in [-0.25, -0.2) is 4.39 Å². The first-order chi connectivity index (χ1) is 26.6.